The highest BCUT2D eigenvalue weighted by Crippen LogP contribution is 2.22. The van der Waals surface area contributed by atoms with Crippen molar-refractivity contribution in [3.8, 4) is 0 Å². The van der Waals surface area contributed by atoms with Crippen molar-refractivity contribution in [3.05, 3.63) is 42.0 Å². The van der Waals surface area contributed by atoms with Crippen LogP contribution >= 0.6 is 0 Å². The summed E-state index contributed by atoms with van der Waals surface area (Å²) in [6.07, 6.45) is 2.14. The van der Waals surface area contributed by atoms with Crippen molar-refractivity contribution in [2.24, 2.45) is 0 Å². The summed E-state index contributed by atoms with van der Waals surface area (Å²) in [5.41, 5.74) is 14.2. The number of hydrogen-bond acceptors (Lipinski definition) is 4. The van der Waals surface area contributed by atoms with Crippen molar-refractivity contribution >= 4 is 23.0 Å². The van der Waals surface area contributed by atoms with Crippen molar-refractivity contribution in [2.75, 3.05) is 16.8 Å². The quantitative estimate of drug-likeness (QED) is 0.770. The molecule has 0 aliphatic carbocycles. The highest BCUT2D eigenvalue weighted by Gasteiger charge is 2.03. The monoisotopic (exact) mass is 242 g/mol. The number of benzene rings is 1. The third kappa shape index (κ3) is 2.71. The maximum Gasteiger partial charge on any atom is 0.149 e. The predicted molar refractivity (Wildman–Crippen MR) is 76.8 cm³/mol. The van der Waals surface area contributed by atoms with E-state index in [0.29, 0.717) is 17.3 Å². The van der Waals surface area contributed by atoms with E-state index in [9.17, 15) is 0 Å². The minimum absolute atomic E-state index is 0.355. The maximum atomic E-state index is 5.69. The van der Waals surface area contributed by atoms with Crippen LogP contribution < -0.4 is 16.8 Å². The van der Waals surface area contributed by atoms with Crippen LogP contribution in [0.3, 0.4) is 0 Å². The van der Waals surface area contributed by atoms with Crippen molar-refractivity contribution in [1.82, 2.24) is 4.98 Å². The molecule has 1 heterocycles. The molecule has 0 saturated heterocycles. The molecule has 0 atom stereocenters. The molecule has 4 heteroatoms. The zero-order valence-corrected chi connectivity index (χ0v) is 10.5. The number of aromatic nitrogens is 1. The topological polar surface area (TPSA) is 77.0 Å². The molecule has 0 fully saturated rings. The summed E-state index contributed by atoms with van der Waals surface area (Å²) in [5, 5.41) is 3.28. The number of aryl methyl sites for hydroxylation is 1. The molecule has 4 nitrogen and oxygen atoms in total. The number of nitrogen functional groups attached to an aromatic ring is 2. The molecule has 1 aromatic carbocycles. The van der Waals surface area contributed by atoms with Crippen molar-refractivity contribution in [1.29, 1.82) is 0 Å². The lowest BCUT2D eigenvalue weighted by molar-refractivity contribution is 0.923. The standard InChI is InChI=1S/C14H18N4/c1-2-5-10-6-3-4-7-12(10)17-13-9-8-11(15)14(16)18-13/h3-4,6-9H,2,5,15H2,1H3,(H3,16,17,18). The second-order valence-corrected chi connectivity index (χ2v) is 4.20. The highest BCUT2D eigenvalue weighted by molar-refractivity contribution is 5.66. The Labute approximate surface area is 107 Å². The van der Waals surface area contributed by atoms with Crippen molar-refractivity contribution in [3.63, 3.8) is 0 Å². The lowest BCUT2D eigenvalue weighted by Crippen LogP contribution is -2.02. The van der Waals surface area contributed by atoms with Gasteiger partial charge in [0.25, 0.3) is 0 Å². The van der Waals surface area contributed by atoms with Gasteiger partial charge in [0.1, 0.15) is 11.6 Å². The number of nitrogens with two attached hydrogens (primary N) is 2. The lowest BCUT2D eigenvalue weighted by Gasteiger charge is -2.11. The first-order valence-corrected chi connectivity index (χ1v) is 6.07. The largest absolute Gasteiger partial charge is 0.396 e. The van der Waals surface area contributed by atoms with Gasteiger partial charge in [0.2, 0.25) is 0 Å². The molecule has 18 heavy (non-hydrogen) atoms. The molecule has 0 spiro atoms. The number of nitrogens with zero attached hydrogens (tertiary/aromatic N) is 1. The minimum atomic E-state index is 0.355. The minimum Gasteiger partial charge on any atom is -0.396 e. The molecule has 0 radical (unpaired) electrons. The Kier molecular flexibility index (Phi) is 3.67. The third-order valence-electron chi connectivity index (χ3n) is 2.76. The molecule has 0 saturated carbocycles. The van der Waals surface area contributed by atoms with Gasteiger partial charge in [-0.3, -0.25) is 0 Å². The van der Waals surface area contributed by atoms with Crippen LogP contribution in [0, 0.1) is 0 Å². The number of hydrogen-bond donors (Lipinski definition) is 3. The summed E-state index contributed by atoms with van der Waals surface area (Å²) < 4.78 is 0. The first-order valence-electron chi connectivity index (χ1n) is 6.07. The van der Waals surface area contributed by atoms with Gasteiger partial charge < -0.3 is 16.8 Å². The van der Waals surface area contributed by atoms with E-state index in [0.717, 1.165) is 18.5 Å². The summed E-state index contributed by atoms with van der Waals surface area (Å²) >= 11 is 0. The van der Waals surface area contributed by atoms with E-state index < -0.39 is 0 Å². The van der Waals surface area contributed by atoms with Gasteiger partial charge in [-0.15, -0.1) is 0 Å². The molecule has 1 aromatic heterocycles. The summed E-state index contributed by atoms with van der Waals surface area (Å²) in [4.78, 5) is 4.21. The van der Waals surface area contributed by atoms with Gasteiger partial charge in [-0.1, -0.05) is 31.5 Å². The number of anilines is 4. The average Bonchev–Trinajstić information content (AvgIpc) is 2.37. The second kappa shape index (κ2) is 5.40. The van der Waals surface area contributed by atoms with Gasteiger partial charge in [-0.05, 0) is 30.2 Å². The molecule has 94 valence electrons. The third-order valence-corrected chi connectivity index (χ3v) is 2.76. The first kappa shape index (κ1) is 12.2. The molecule has 2 rings (SSSR count). The van der Waals surface area contributed by atoms with Crippen LogP contribution in [0.2, 0.25) is 0 Å². The summed E-state index contributed by atoms with van der Waals surface area (Å²) in [7, 11) is 0. The van der Waals surface area contributed by atoms with Gasteiger partial charge >= 0.3 is 0 Å². The fraction of sp³-hybridized carbons (Fsp3) is 0.214. The van der Waals surface area contributed by atoms with Crippen LogP contribution in [-0.2, 0) is 6.42 Å². The van der Waals surface area contributed by atoms with E-state index in [1.54, 1.807) is 6.07 Å². The van der Waals surface area contributed by atoms with Crippen LogP contribution in [0.4, 0.5) is 23.0 Å². The Morgan fingerprint density at radius 2 is 1.89 bits per heavy atom. The molecular formula is C14H18N4. The Balaban J connectivity index is 2.25. The SMILES string of the molecule is CCCc1ccccc1Nc1ccc(N)c(N)n1. The van der Waals surface area contributed by atoms with Gasteiger partial charge in [0.15, 0.2) is 0 Å². The summed E-state index contributed by atoms with van der Waals surface area (Å²) in [6.45, 7) is 2.16. The van der Waals surface area contributed by atoms with Crippen LogP contribution in [0.25, 0.3) is 0 Å². The Bertz CT molecular complexity index is 537. The Morgan fingerprint density at radius 1 is 1.11 bits per heavy atom. The van der Waals surface area contributed by atoms with E-state index in [1.807, 2.05) is 24.3 Å². The van der Waals surface area contributed by atoms with Gasteiger partial charge in [-0.2, -0.15) is 0 Å². The van der Waals surface area contributed by atoms with Crippen LogP contribution in [0.5, 0.6) is 0 Å². The average molecular weight is 242 g/mol. The highest BCUT2D eigenvalue weighted by atomic mass is 15.0. The van der Waals surface area contributed by atoms with Gasteiger partial charge in [0.05, 0.1) is 5.69 Å². The fourth-order valence-corrected chi connectivity index (χ4v) is 1.82. The molecule has 0 amide bonds. The smallest absolute Gasteiger partial charge is 0.149 e. The zero-order valence-electron chi connectivity index (χ0n) is 10.5. The Morgan fingerprint density at radius 3 is 2.61 bits per heavy atom. The predicted octanol–water partition coefficient (Wildman–Crippen LogP) is 2.94. The second-order valence-electron chi connectivity index (χ2n) is 4.20. The number of nitrogens with one attached hydrogen (secondary N) is 1. The van der Waals surface area contributed by atoms with Gasteiger partial charge in [0, 0.05) is 5.69 Å². The van der Waals surface area contributed by atoms with Crippen molar-refractivity contribution in [2.45, 2.75) is 19.8 Å². The number of para-hydroxylation sites is 1. The van der Waals surface area contributed by atoms with Crippen LogP contribution in [-0.4, -0.2) is 4.98 Å². The van der Waals surface area contributed by atoms with Crippen LogP contribution in [0.1, 0.15) is 18.9 Å². The van der Waals surface area contributed by atoms with Gasteiger partial charge in [-0.25, -0.2) is 4.98 Å². The number of pyridine rings is 1. The lowest BCUT2D eigenvalue weighted by atomic mass is 10.1. The number of rotatable bonds is 4. The molecule has 0 unspecified atom stereocenters. The normalized spacial score (nSPS) is 10.3. The van der Waals surface area contributed by atoms with E-state index in [1.165, 1.54) is 5.56 Å². The Hall–Kier alpha value is -2.23. The molecule has 0 aliphatic rings. The van der Waals surface area contributed by atoms with E-state index in [4.69, 9.17) is 11.5 Å². The van der Waals surface area contributed by atoms with E-state index in [-0.39, 0.29) is 0 Å². The summed E-state index contributed by atoms with van der Waals surface area (Å²) in [6, 6.07) is 11.8. The molecule has 2 aromatic rings. The maximum absolute atomic E-state index is 5.69. The molecular weight excluding hydrogens is 224 g/mol. The molecule has 0 bridgehead atoms. The first-order chi connectivity index (χ1) is 8.70. The zero-order chi connectivity index (χ0) is 13.0. The fourth-order valence-electron chi connectivity index (χ4n) is 1.82. The van der Waals surface area contributed by atoms with E-state index in [2.05, 4.69) is 23.3 Å². The molecule has 5 N–H and O–H groups in total. The summed E-state index contributed by atoms with van der Waals surface area (Å²) in [5.74, 6) is 1.07. The molecule has 0 aliphatic heterocycles. The van der Waals surface area contributed by atoms with Crippen molar-refractivity contribution < 1.29 is 0 Å². The van der Waals surface area contributed by atoms with E-state index >= 15 is 0 Å². The van der Waals surface area contributed by atoms with Crippen LogP contribution in [0.15, 0.2) is 36.4 Å².